The Morgan fingerprint density at radius 1 is 1.18 bits per heavy atom. The molecule has 2 heterocycles. The molecule has 0 fully saturated rings. The lowest BCUT2D eigenvalue weighted by Gasteiger charge is -2.18. The SMILES string of the molecule is CC(C)C[C@@H](Nc1nc(Nc2cccc(-c3ncccc3F)c2)c(C(N)=O)c(=O)[nH]1)C(N)=O. The van der Waals surface area contributed by atoms with Crippen molar-refractivity contribution in [3.8, 4) is 11.3 Å². The number of hydrogen-bond acceptors (Lipinski definition) is 7. The van der Waals surface area contributed by atoms with E-state index in [-0.39, 0.29) is 23.4 Å². The number of benzene rings is 1. The maximum atomic E-state index is 14.1. The van der Waals surface area contributed by atoms with E-state index < -0.39 is 34.8 Å². The molecule has 2 amide bonds. The second-order valence-electron chi connectivity index (χ2n) is 7.77. The molecule has 2 aromatic heterocycles. The Labute approximate surface area is 188 Å². The molecule has 3 aromatic rings. The lowest BCUT2D eigenvalue weighted by atomic mass is 10.0. The Kier molecular flexibility index (Phi) is 7.01. The van der Waals surface area contributed by atoms with E-state index in [9.17, 15) is 18.8 Å². The predicted octanol–water partition coefficient (Wildman–Crippen LogP) is 2.13. The van der Waals surface area contributed by atoms with E-state index in [1.54, 1.807) is 24.3 Å². The number of primary amides is 2. The molecule has 172 valence electrons. The zero-order chi connectivity index (χ0) is 24.1. The lowest BCUT2D eigenvalue weighted by Crippen LogP contribution is -2.38. The number of anilines is 3. The van der Waals surface area contributed by atoms with Crippen LogP contribution in [0.3, 0.4) is 0 Å². The first-order valence-corrected chi connectivity index (χ1v) is 10.1. The van der Waals surface area contributed by atoms with Gasteiger partial charge in [-0.05, 0) is 36.6 Å². The number of halogens is 1. The molecule has 1 aromatic carbocycles. The molecule has 0 saturated heterocycles. The molecule has 0 saturated carbocycles. The summed E-state index contributed by atoms with van der Waals surface area (Å²) in [6.45, 7) is 3.82. The van der Waals surface area contributed by atoms with Crippen LogP contribution in [0.1, 0.15) is 30.6 Å². The molecule has 33 heavy (non-hydrogen) atoms. The second kappa shape index (κ2) is 9.90. The van der Waals surface area contributed by atoms with Crippen molar-refractivity contribution in [1.82, 2.24) is 15.0 Å². The molecule has 11 heteroatoms. The number of carbonyl (C=O) groups is 2. The van der Waals surface area contributed by atoms with Crippen LogP contribution in [0.5, 0.6) is 0 Å². The van der Waals surface area contributed by atoms with Crippen LogP contribution in [-0.2, 0) is 4.79 Å². The zero-order valence-electron chi connectivity index (χ0n) is 18.1. The van der Waals surface area contributed by atoms with Gasteiger partial charge >= 0.3 is 0 Å². The Morgan fingerprint density at radius 2 is 1.94 bits per heavy atom. The molecule has 7 N–H and O–H groups in total. The normalized spacial score (nSPS) is 11.8. The van der Waals surface area contributed by atoms with Crippen LogP contribution in [0, 0.1) is 11.7 Å². The average molecular weight is 453 g/mol. The number of rotatable bonds is 9. The van der Waals surface area contributed by atoms with Gasteiger partial charge in [-0.15, -0.1) is 0 Å². The largest absolute Gasteiger partial charge is 0.368 e. The van der Waals surface area contributed by atoms with Crippen molar-refractivity contribution in [3.05, 3.63) is 64.3 Å². The summed E-state index contributed by atoms with van der Waals surface area (Å²) < 4.78 is 14.1. The smallest absolute Gasteiger partial charge is 0.267 e. The third kappa shape index (κ3) is 5.70. The quantitative estimate of drug-likeness (QED) is 0.330. The first-order valence-electron chi connectivity index (χ1n) is 10.1. The molecular weight excluding hydrogens is 429 g/mol. The molecule has 0 unspecified atom stereocenters. The number of hydrogen-bond donors (Lipinski definition) is 5. The number of amides is 2. The molecule has 10 nitrogen and oxygen atoms in total. The van der Waals surface area contributed by atoms with E-state index in [2.05, 4.69) is 25.6 Å². The van der Waals surface area contributed by atoms with Gasteiger partial charge < -0.3 is 22.1 Å². The average Bonchev–Trinajstić information content (AvgIpc) is 2.73. The summed E-state index contributed by atoms with van der Waals surface area (Å²) in [7, 11) is 0. The highest BCUT2D eigenvalue weighted by molar-refractivity contribution is 5.98. The summed E-state index contributed by atoms with van der Waals surface area (Å²) in [6.07, 6.45) is 1.86. The number of nitrogens with two attached hydrogens (primary N) is 2. The van der Waals surface area contributed by atoms with E-state index in [1.165, 1.54) is 18.3 Å². The molecular formula is C22H24FN7O3. The van der Waals surface area contributed by atoms with Crippen molar-refractivity contribution >= 4 is 29.3 Å². The van der Waals surface area contributed by atoms with Gasteiger partial charge in [0, 0.05) is 17.4 Å². The third-order valence-corrected chi connectivity index (χ3v) is 4.68. The van der Waals surface area contributed by atoms with Crippen molar-refractivity contribution in [2.24, 2.45) is 17.4 Å². The highest BCUT2D eigenvalue weighted by Crippen LogP contribution is 2.25. The van der Waals surface area contributed by atoms with Crippen LogP contribution < -0.4 is 27.7 Å². The minimum atomic E-state index is -1.00. The summed E-state index contributed by atoms with van der Waals surface area (Å²) in [5.41, 5.74) is 10.6. The highest BCUT2D eigenvalue weighted by atomic mass is 19.1. The maximum Gasteiger partial charge on any atom is 0.267 e. The maximum absolute atomic E-state index is 14.1. The Morgan fingerprint density at radius 3 is 2.58 bits per heavy atom. The van der Waals surface area contributed by atoms with Gasteiger partial charge in [0.15, 0.2) is 5.82 Å². The van der Waals surface area contributed by atoms with E-state index in [0.29, 0.717) is 17.7 Å². The molecule has 1 atom stereocenters. The zero-order valence-corrected chi connectivity index (χ0v) is 18.1. The van der Waals surface area contributed by atoms with Crippen LogP contribution >= 0.6 is 0 Å². The van der Waals surface area contributed by atoms with Crippen LogP contribution in [0.15, 0.2) is 47.4 Å². The minimum Gasteiger partial charge on any atom is -0.368 e. The van der Waals surface area contributed by atoms with E-state index >= 15 is 0 Å². The molecule has 0 radical (unpaired) electrons. The second-order valence-corrected chi connectivity index (χ2v) is 7.77. The topological polar surface area (TPSA) is 169 Å². The van der Waals surface area contributed by atoms with Crippen LogP contribution in [0.25, 0.3) is 11.3 Å². The van der Waals surface area contributed by atoms with Gasteiger partial charge in [0.2, 0.25) is 11.9 Å². The fourth-order valence-electron chi connectivity index (χ4n) is 3.22. The van der Waals surface area contributed by atoms with Crippen LogP contribution in [0.4, 0.5) is 21.8 Å². The number of H-pyrrole nitrogens is 1. The van der Waals surface area contributed by atoms with Gasteiger partial charge in [-0.25, -0.2) is 4.39 Å². The van der Waals surface area contributed by atoms with Crippen molar-refractivity contribution in [2.45, 2.75) is 26.3 Å². The van der Waals surface area contributed by atoms with Gasteiger partial charge in [-0.1, -0.05) is 26.0 Å². The van der Waals surface area contributed by atoms with E-state index in [1.807, 2.05) is 13.8 Å². The molecule has 3 rings (SSSR count). The summed E-state index contributed by atoms with van der Waals surface area (Å²) in [6, 6.07) is 8.49. The van der Waals surface area contributed by atoms with Gasteiger partial charge in [0.05, 0.1) is 0 Å². The van der Waals surface area contributed by atoms with Gasteiger partial charge in [-0.2, -0.15) is 4.98 Å². The van der Waals surface area contributed by atoms with Gasteiger partial charge in [0.25, 0.3) is 11.5 Å². The number of pyridine rings is 1. The van der Waals surface area contributed by atoms with Gasteiger partial charge in [-0.3, -0.25) is 24.4 Å². The molecule has 0 aliphatic rings. The van der Waals surface area contributed by atoms with Crippen molar-refractivity contribution in [1.29, 1.82) is 0 Å². The van der Waals surface area contributed by atoms with Crippen LogP contribution in [-0.4, -0.2) is 32.8 Å². The predicted molar refractivity (Wildman–Crippen MR) is 122 cm³/mol. The highest BCUT2D eigenvalue weighted by Gasteiger charge is 2.21. The minimum absolute atomic E-state index is 0.0659. The number of aromatic amines is 1. The molecule has 0 aliphatic heterocycles. The van der Waals surface area contributed by atoms with Crippen LogP contribution in [0.2, 0.25) is 0 Å². The monoisotopic (exact) mass is 453 g/mol. The number of nitrogens with zero attached hydrogens (tertiary/aromatic N) is 2. The first kappa shape index (κ1) is 23.4. The fourth-order valence-corrected chi connectivity index (χ4v) is 3.22. The van der Waals surface area contributed by atoms with Crippen molar-refractivity contribution < 1.29 is 14.0 Å². The number of aromatic nitrogens is 3. The standard InChI is InChI=1S/C22H24FN7O3/c1-11(2)9-15(18(24)31)28-22-29-20(16(19(25)32)21(33)30-22)27-13-6-3-5-12(10-13)17-14(23)7-4-8-26-17/h3-8,10-11,15H,9H2,1-2H3,(H2,24,31)(H2,25,32)(H3,27,28,29,30,33)/t15-/m1/s1. The Bertz CT molecular complexity index is 1240. The van der Waals surface area contributed by atoms with E-state index in [0.717, 1.165) is 0 Å². The summed E-state index contributed by atoms with van der Waals surface area (Å²) in [5, 5.41) is 5.66. The lowest BCUT2D eigenvalue weighted by molar-refractivity contribution is -0.119. The molecule has 0 bridgehead atoms. The fraction of sp³-hybridized carbons (Fsp3) is 0.227. The molecule has 0 aliphatic carbocycles. The Hall–Kier alpha value is -4.28. The van der Waals surface area contributed by atoms with Crippen molar-refractivity contribution in [2.75, 3.05) is 10.6 Å². The third-order valence-electron chi connectivity index (χ3n) is 4.68. The van der Waals surface area contributed by atoms with E-state index in [4.69, 9.17) is 11.5 Å². The summed E-state index contributed by atoms with van der Waals surface area (Å²) in [4.78, 5) is 46.9. The number of nitrogens with one attached hydrogen (secondary N) is 3. The van der Waals surface area contributed by atoms with Crippen molar-refractivity contribution in [3.63, 3.8) is 0 Å². The summed E-state index contributed by atoms with van der Waals surface area (Å²) >= 11 is 0. The van der Waals surface area contributed by atoms with Gasteiger partial charge in [0.1, 0.15) is 23.1 Å². The summed E-state index contributed by atoms with van der Waals surface area (Å²) in [5.74, 6) is -2.19. The number of carbonyl (C=O) groups excluding carboxylic acids is 2. The molecule has 0 spiro atoms. The Balaban J connectivity index is 1.99. The first-order chi connectivity index (χ1) is 15.7.